The fourth-order valence-corrected chi connectivity index (χ4v) is 4.59. The molecule has 0 amide bonds. The van der Waals surface area contributed by atoms with Crippen LogP contribution in [0.25, 0.3) is 0 Å². The lowest BCUT2D eigenvalue weighted by Crippen LogP contribution is -2.38. The summed E-state index contributed by atoms with van der Waals surface area (Å²) >= 11 is 0. The molecule has 0 aliphatic heterocycles. The highest BCUT2D eigenvalue weighted by molar-refractivity contribution is 5.73. The molecule has 0 fully saturated rings. The minimum absolute atomic E-state index is 0.0324. The van der Waals surface area contributed by atoms with Gasteiger partial charge in [0.25, 0.3) is 0 Å². The first-order valence-electron chi connectivity index (χ1n) is 9.55. The Morgan fingerprint density at radius 1 is 1.20 bits per heavy atom. The first-order chi connectivity index (χ1) is 11.7. The summed E-state index contributed by atoms with van der Waals surface area (Å²) < 4.78 is 0. The van der Waals surface area contributed by atoms with Crippen molar-refractivity contribution in [2.75, 3.05) is 0 Å². The van der Waals surface area contributed by atoms with Gasteiger partial charge in [0.05, 0.1) is 0 Å². The van der Waals surface area contributed by atoms with E-state index in [1.807, 2.05) is 0 Å². The molecular formula is C25H34. The van der Waals surface area contributed by atoms with E-state index < -0.39 is 0 Å². The summed E-state index contributed by atoms with van der Waals surface area (Å²) in [6.45, 7) is 20.3. The third kappa shape index (κ3) is 2.97. The molecule has 2 unspecified atom stereocenters. The Kier molecular flexibility index (Phi) is 5.62. The third-order valence-corrected chi connectivity index (χ3v) is 5.53. The zero-order chi connectivity index (χ0) is 18.8. The zero-order valence-electron chi connectivity index (χ0n) is 17.1. The van der Waals surface area contributed by atoms with Gasteiger partial charge in [0, 0.05) is 5.41 Å². The molecule has 0 spiro atoms. The topological polar surface area (TPSA) is 0 Å². The largest absolute Gasteiger partial charge is 0.0986 e. The molecule has 25 heavy (non-hydrogen) atoms. The van der Waals surface area contributed by atoms with E-state index in [4.69, 9.17) is 0 Å². The number of allylic oxidation sites excluding steroid dienone is 13. The highest BCUT2D eigenvalue weighted by Crippen LogP contribution is 2.64. The number of hydrogen-bond donors (Lipinski definition) is 0. The SMILES string of the molecule is C=C(CC)C1(C(C)(C)C)C2=CC=CC(C)C=C2C(/C=C\C)=C1/C=C\C. The van der Waals surface area contributed by atoms with Crippen LogP contribution < -0.4 is 0 Å². The summed E-state index contributed by atoms with van der Waals surface area (Å²) in [5.74, 6) is 0.432. The van der Waals surface area contributed by atoms with Gasteiger partial charge in [0.15, 0.2) is 0 Å². The van der Waals surface area contributed by atoms with Crippen LogP contribution in [0.1, 0.15) is 54.9 Å². The van der Waals surface area contributed by atoms with Gasteiger partial charge in [-0.1, -0.05) is 95.4 Å². The van der Waals surface area contributed by atoms with E-state index in [1.54, 1.807) is 0 Å². The summed E-state index contributed by atoms with van der Waals surface area (Å²) in [7, 11) is 0. The second kappa shape index (κ2) is 7.20. The second-order valence-corrected chi connectivity index (χ2v) is 8.19. The Hall–Kier alpha value is -1.82. The first kappa shape index (κ1) is 19.5. The molecule has 0 saturated carbocycles. The quantitative estimate of drug-likeness (QED) is 0.467. The highest BCUT2D eigenvalue weighted by atomic mass is 14.6. The molecule has 0 heteroatoms. The Morgan fingerprint density at radius 2 is 1.84 bits per heavy atom. The molecule has 2 aliphatic rings. The molecule has 0 aromatic carbocycles. The van der Waals surface area contributed by atoms with E-state index in [0.717, 1.165) is 6.42 Å². The fraction of sp³-hybridized carbons (Fsp3) is 0.440. The first-order valence-corrected chi connectivity index (χ1v) is 9.55. The summed E-state index contributed by atoms with van der Waals surface area (Å²) in [4.78, 5) is 0. The number of rotatable bonds is 4. The minimum atomic E-state index is -0.163. The van der Waals surface area contributed by atoms with Gasteiger partial charge in [-0.15, -0.1) is 0 Å². The Balaban J connectivity index is 3.01. The smallest absolute Gasteiger partial charge is 0.0468 e. The lowest BCUT2D eigenvalue weighted by molar-refractivity contribution is 0.226. The van der Waals surface area contributed by atoms with Crippen LogP contribution in [-0.2, 0) is 0 Å². The van der Waals surface area contributed by atoms with E-state index in [2.05, 4.69) is 104 Å². The van der Waals surface area contributed by atoms with Gasteiger partial charge < -0.3 is 0 Å². The Bertz CT molecular complexity index is 722. The van der Waals surface area contributed by atoms with Crippen LogP contribution in [0.15, 0.2) is 83.1 Å². The van der Waals surface area contributed by atoms with Gasteiger partial charge in [-0.25, -0.2) is 0 Å². The molecular weight excluding hydrogens is 300 g/mol. The lowest BCUT2D eigenvalue weighted by Gasteiger charge is -2.46. The van der Waals surface area contributed by atoms with Crippen LogP contribution in [0.5, 0.6) is 0 Å². The molecule has 0 nitrogen and oxygen atoms in total. The predicted octanol–water partition coefficient (Wildman–Crippen LogP) is 7.51. The summed E-state index contributed by atoms with van der Waals surface area (Å²) in [6, 6.07) is 0. The molecule has 0 aromatic heterocycles. The number of fused-ring (bicyclic) bond motifs is 1. The summed E-state index contributed by atoms with van der Waals surface area (Å²) in [5.41, 5.74) is 6.71. The van der Waals surface area contributed by atoms with Crippen LogP contribution in [0.2, 0.25) is 0 Å². The van der Waals surface area contributed by atoms with Gasteiger partial charge in [0.1, 0.15) is 0 Å². The van der Waals surface area contributed by atoms with Gasteiger partial charge >= 0.3 is 0 Å². The van der Waals surface area contributed by atoms with Crippen LogP contribution in [0.4, 0.5) is 0 Å². The van der Waals surface area contributed by atoms with Crippen molar-refractivity contribution in [3.63, 3.8) is 0 Å². The molecule has 0 N–H and O–H groups in total. The standard InChI is InChI=1S/C25H34/c1-9-13-20-21-17-18(4)15-12-16-23(21)25(19(5)11-3,24(6,7)8)22(20)14-10-2/h9-10,12-18H,5,11H2,1-4,6-8H3/b13-9-,14-10-. The summed E-state index contributed by atoms with van der Waals surface area (Å²) in [5, 5.41) is 0. The van der Waals surface area contributed by atoms with Crippen molar-refractivity contribution >= 4 is 0 Å². The Labute approximate surface area is 155 Å². The summed E-state index contributed by atoms with van der Waals surface area (Å²) in [6.07, 6.45) is 19.2. The minimum Gasteiger partial charge on any atom is -0.0986 e. The van der Waals surface area contributed by atoms with Gasteiger partial charge in [-0.2, -0.15) is 0 Å². The normalized spacial score (nSPS) is 26.9. The predicted molar refractivity (Wildman–Crippen MR) is 112 cm³/mol. The molecule has 0 radical (unpaired) electrons. The van der Waals surface area contributed by atoms with Gasteiger partial charge in [0.2, 0.25) is 0 Å². The molecule has 0 aromatic rings. The molecule has 2 rings (SSSR count). The van der Waals surface area contributed by atoms with E-state index >= 15 is 0 Å². The molecule has 0 saturated heterocycles. The fourth-order valence-electron chi connectivity index (χ4n) is 4.59. The molecule has 0 bridgehead atoms. The van der Waals surface area contributed by atoms with Gasteiger partial charge in [-0.05, 0) is 53.9 Å². The van der Waals surface area contributed by atoms with Crippen molar-refractivity contribution < 1.29 is 0 Å². The molecule has 134 valence electrons. The van der Waals surface area contributed by atoms with Gasteiger partial charge in [-0.3, -0.25) is 0 Å². The van der Waals surface area contributed by atoms with Crippen molar-refractivity contribution in [1.82, 2.24) is 0 Å². The van der Waals surface area contributed by atoms with Crippen LogP contribution in [0.3, 0.4) is 0 Å². The second-order valence-electron chi connectivity index (χ2n) is 8.19. The monoisotopic (exact) mass is 334 g/mol. The highest BCUT2D eigenvalue weighted by Gasteiger charge is 2.54. The van der Waals surface area contributed by atoms with E-state index in [-0.39, 0.29) is 10.8 Å². The van der Waals surface area contributed by atoms with Crippen molar-refractivity contribution in [1.29, 1.82) is 0 Å². The van der Waals surface area contributed by atoms with Crippen LogP contribution in [0, 0.1) is 16.7 Å². The average Bonchev–Trinajstić information content (AvgIpc) is 2.67. The van der Waals surface area contributed by atoms with Crippen molar-refractivity contribution in [3.05, 3.63) is 83.1 Å². The molecule has 0 heterocycles. The van der Waals surface area contributed by atoms with Crippen LogP contribution in [-0.4, -0.2) is 0 Å². The third-order valence-electron chi connectivity index (χ3n) is 5.53. The van der Waals surface area contributed by atoms with E-state index in [0.29, 0.717) is 5.92 Å². The number of hydrogen-bond acceptors (Lipinski definition) is 0. The maximum atomic E-state index is 4.58. The van der Waals surface area contributed by atoms with Crippen molar-refractivity contribution in [3.8, 4) is 0 Å². The lowest BCUT2D eigenvalue weighted by atomic mass is 9.56. The van der Waals surface area contributed by atoms with Crippen molar-refractivity contribution in [2.24, 2.45) is 16.7 Å². The molecule has 2 atom stereocenters. The van der Waals surface area contributed by atoms with Crippen LogP contribution >= 0.6 is 0 Å². The zero-order valence-corrected chi connectivity index (χ0v) is 17.1. The Morgan fingerprint density at radius 3 is 2.36 bits per heavy atom. The maximum absolute atomic E-state index is 4.58. The van der Waals surface area contributed by atoms with E-state index in [1.165, 1.54) is 27.9 Å². The maximum Gasteiger partial charge on any atom is 0.0468 e. The van der Waals surface area contributed by atoms with E-state index in [9.17, 15) is 0 Å². The molecule has 2 aliphatic carbocycles. The van der Waals surface area contributed by atoms with Crippen molar-refractivity contribution in [2.45, 2.75) is 54.9 Å². The average molecular weight is 335 g/mol.